The summed E-state index contributed by atoms with van der Waals surface area (Å²) in [6.45, 7) is 6.60. The van der Waals surface area contributed by atoms with Crippen molar-refractivity contribution in [3.63, 3.8) is 0 Å². The predicted molar refractivity (Wildman–Crippen MR) is 104 cm³/mol. The lowest BCUT2D eigenvalue weighted by atomic mass is 10.1. The molecule has 1 aliphatic carbocycles. The van der Waals surface area contributed by atoms with Crippen LogP contribution in [-0.2, 0) is 6.42 Å². The molecule has 0 saturated heterocycles. The molecule has 1 aromatic heterocycles. The average Bonchev–Trinajstić information content (AvgIpc) is 3.20. The lowest BCUT2D eigenvalue weighted by Crippen LogP contribution is -2.39. The maximum atomic E-state index is 9.95. The van der Waals surface area contributed by atoms with Crippen molar-refractivity contribution >= 4 is 16.9 Å². The summed E-state index contributed by atoms with van der Waals surface area (Å²) in [6.07, 6.45) is 5.99. The number of hydrogen-bond acceptors (Lipinski definition) is 2. The maximum absolute atomic E-state index is 9.95. The molecule has 0 spiro atoms. The Bertz CT molecular complexity index is 722. The van der Waals surface area contributed by atoms with E-state index in [2.05, 4.69) is 58.9 Å². The van der Waals surface area contributed by atoms with Crippen molar-refractivity contribution in [1.29, 1.82) is 0 Å². The van der Waals surface area contributed by atoms with Crippen LogP contribution in [0.5, 0.6) is 0 Å². The van der Waals surface area contributed by atoms with Gasteiger partial charge in [-0.3, -0.25) is 4.99 Å². The van der Waals surface area contributed by atoms with Crippen LogP contribution >= 0.6 is 0 Å². The molecule has 1 saturated carbocycles. The predicted octanol–water partition coefficient (Wildman–Crippen LogP) is 2.73. The summed E-state index contributed by atoms with van der Waals surface area (Å²) in [7, 11) is 0. The second-order valence-corrected chi connectivity index (χ2v) is 6.97. The van der Waals surface area contributed by atoms with Gasteiger partial charge in [0.05, 0.1) is 6.10 Å². The van der Waals surface area contributed by atoms with Crippen molar-refractivity contribution in [3.05, 3.63) is 35.5 Å². The number of H-pyrrole nitrogens is 1. The molecule has 2 atom stereocenters. The van der Waals surface area contributed by atoms with E-state index in [0.717, 1.165) is 44.7 Å². The van der Waals surface area contributed by atoms with Crippen molar-refractivity contribution in [2.24, 2.45) is 10.9 Å². The van der Waals surface area contributed by atoms with E-state index in [9.17, 15) is 5.11 Å². The van der Waals surface area contributed by atoms with Gasteiger partial charge in [-0.15, -0.1) is 0 Å². The van der Waals surface area contributed by atoms with Crippen molar-refractivity contribution in [2.45, 2.75) is 45.6 Å². The normalized spacial score (nSPS) is 21.0. The third-order valence-corrected chi connectivity index (χ3v) is 5.13. The molecular weight excluding hydrogens is 312 g/mol. The Morgan fingerprint density at radius 3 is 2.96 bits per heavy atom. The van der Waals surface area contributed by atoms with Gasteiger partial charge in [-0.05, 0) is 50.3 Å². The Hall–Kier alpha value is -2.01. The second-order valence-electron chi connectivity index (χ2n) is 6.97. The number of nitrogens with one attached hydrogen (secondary N) is 3. The molecule has 0 bridgehead atoms. The van der Waals surface area contributed by atoms with E-state index < -0.39 is 0 Å². The number of aryl methyl sites for hydroxylation is 1. The maximum Gasteiger partial charge on any atom is 0.191 e. The van der Waals surface area contributed by atoms with Gasteiger partial charge in [0.1, 0.15) is 0 Å². The fourth-order valence-electron chi connectivity index (χ4n) is 3.74. The lowest BCUT2D eigenvalue weighted by molar-refractivity contribution is 0.136. The molecule has 2 unspecified atom stereocenters. The van der Waals surface area contributed by atoms with E-state index in [1.165, 1.54) is 22.0 Å². The summed E-state index contributed by atoms with van der Waals surface area (Å²) in [5.74, 6) is 1.16. The Kier molecular flexibility index (Phi) is 5.97. The first kappa shape index (κ1) is 17.8. The summed E-state index contributed by atoms with van der Waals surface area (Å²) in [5, 5.41) is 18.0. The first-order valence-electron chi connectivity index (χ1n) is 9.45. The second kappa shape index (κ2) is 8.39. The van der Waals surface area contributed by atoms with Gasteiger partial charge < -0.3 is 20.7 Å². The molecule has 1 fully saturated rings. The first-order chi connectivity index (χ1) is 12.2. The Morgan fingerprint density at radius 2 is 2.20 bits per heavy atom. The Labute approximate surface area is 149 Å². The van der Waals surface area contributed by atoms with Crippen molar-refractivity contribution in [3.8, 4) is 0 Å². The number of rotatable bonds is 6. The number of benzene rings is 1. The van der Waals surface area contributed by atoms with Crippen molar-refractivity contribution in [1.82, 2.24) is 15.6 Å². The molecule has 5 heteroatoms. The molecule has 1 aliphatic rings. The van der Waals surface area contributed by atoms with E-state index >= 15 is 0 Å². The van der Waals surface area contributed by atoms with Gasteiger partial charge in [-0.2, -0.15) is 0 Å². The highest BCUT2D eigenvalue weighted by Gasteiger charge is 2.24. The third-order valence-electron chi connectivity index (χ3n) is 5.13. The lowest BCUT2D eigenvalue weighted by Gasteiger charge is -2.15. The van der Waals surface area contributed by atoms with Crippen LogP contribution in [0.4, 0.5) is 0 Å². The molecular formula is C20H30N4O. The molecule has 2 aromatic rings. The number of guanidine groups is 1. The van der Waals surface area contributed by atoms with Gasteiger partial charge in [-0.1, -0.05) is 18.6 Å². The molecule has 0 amide bonds. The highest BCUT2D eigenvalue weighted by atomic mass is 16.3. The van der Waals surface area contributed by atoms with Crippen LogP contribution in [0.15, 0.2) is 29.4 Å². The molecule has 5 nitrogen and oxygen atoms in total. The summed E-state index contributed by atoms with van der Waals surface area (Å²) < 4.78 is 0. The zero-order chi connectivity index (χ0) is 17.6. The summed E-state index contributed by atoms with van der Waals surface area (Å²) in [6, 6.07) is 6.37. The van der Waals surface area contributed by atoms with Gasteiger partial charge in [0.15, 0.2) is 5.96 Å². The number of aliphatic hydroxyl groups is 1. The Morgan fingerprint density at radius 1 is 1.32 bits per heavy atom. The molecule has 25 heavy (non-hydrogen) atoms. The van der Waals surface area contributed by atoms with Crippen LogP contribution < -0.4 is 10.6 Å². The summed E-state index contributed by atoms with van der Waals surface area (Å²) in [4.78, 5) is 8.03. The standard InChI is InChI=1S/C20H30N4O/c1-3-21-20(24-12-15-7-5-9-18(15)25)22-11-10-16-13-23-17-8-4-6-14(2)19(16)17/h4,6,8,13,15,18,23,25H,3,5,7,9-12H2,1-2H3,(H2,21,22,24). The van der Waals surface area contributed by atoms with E-state index in [1.807, 2.05) is 0 Å². The number of aromatic amines is 1. The van der Waals surface area contributed by atoms with Crippen molar-refractivity contribution in [2.75, 3.05) is 19.6 Å². The number of hydrogen-bond donors (Lipinski definition) is 4. The zero-order valence-corrected chi connectivity index (χ0v) is 15.3. The van der Waals surface area contributed by atoms with E-state index in [1.54, 1.807) is 0 Å². The average molecular weight is 342 g/mol. The quantitative estimate of drug-likeness (QED) is 0.482. The van der Waals surface area contributed by atoms with Gasteiger partial charge in [-0.25, -0.2) is 0 Å². The van der Waals surface area contributed by atoms with Crippen LogP contribution in [-0.4, -0.2) is 41.8 Å². The highest BCUT2D eigenvalue weighted by Crippen LogP contribution is 2.25. The monoisotopic (exact) mass is 342 g/mol. The number of aliphatic imine (C=N–C) groups is 1. The van der Waals surface area contributed by atoms with Gasteiger partial charge in [0, 0.05) is 42.7 Å². The molecule has 0 aliphatic heterocycles. The topological polar surface area (TPSA) is 72.4 Å². The molecule has 3 rings (SSSR count). The van der Waals surface area contributed by atoms with Crippen LogP contribution in [0.1, 0.15) is 37.3 Å². The van der Waals surface area contributed by atoms with E-state index in [0.29, 0.717) is 12.5 Å². The minimum absolute atomic E-state index is 0.180. The number of nitrogens with zero attached hydrogens (tertiary/aromatic N) is 1. The molecule has 136 valence electrons. The smallest absolute Gasteiger partial charge is 0.191 e. The summed E-state index contributed by atoms with van der Waals surface area (Å²) >= 11 is 0. The molecule has 0 radical (unpaired) electrons. The van der Waals surface area contributed by atoms with Gasteiger partial charge in [0.2, 0.25) is 0 Å². The number of aromatic nitrogens is 1. The third kappa shape index (κ3) is 4.34. The molecule has 1 heterocycles. The van der Waals surface area contributed by atoms with Crippen LogP contribution in [0.3, 0.4) is 0 Å². The number of fused-ring (bicyclic) bond motifs is 1. The SMILES string of the molecule is CCNC(=NCC1CCCC1O)NCCc1c[nH]c2cccc(C)c12. The van der Waals surface area contributed by atoms with Crippen LogP contribution in [0, 0.1) is 12.8 Å². The minimum Gasteiger partial charge on any atom is -0.393 e. The minimum atomic E-state index is -0.180. The van der Waals surface area contributed by atoms with Gasteiger partial charge in [0.25, 0.3) is 0 Å². The fraction of sp³-hybridized carbons (Fsp3) is 0.550. The van der Waals surface area contributed by atoms with Crippen LogP contribution in [0.25, 0.3) is 10.9 Å². The van der Waals surface area contributed by atoms with E-state index in [-0.39, 0.29) is 6.10 Å². The fourth-order valence-corrected chi connectivity index (χ4v) is 3.74. The molecule has 1 aromatic carbocycles. The number of aliphatic hydroxyl groups excluding tert-OH is 1. The van der Waals surface area contributed by atoms with Crippen LogP contribution in [0.2, 0.25) is 0 Å². The largest absolute Gasteiger partial charge is 0.393 e. The van der Waals surface area contributed by atoms with Gasteiger partial charge >= 0.3 is 0 Å². The molecule has 4 N–H and O–H groups in total. The Balaban J connectivity index is 1.57. The van der Waals surface area contributed by atoms with Crippen molar-refractivity contribution < 1.29 is 5.11 Å². The first-order valence-corrected chi connectivity index (χ1v) is 9.45. The zero-order valence-electron chi connectivity index (χ0n) is 15.3. The van der Waals surface area contributed by atoms with E-state index in [4.69, 9.17) is 0 Å². The highest BCUT2D eigenvalue weighted by molar-refractivity contribution is 5.86. The summed E-state index contributed by atoms with van der Waals surface area (Å²) in [5.41, 5.74) is 3.85.